The Morgan fingerprint density at radius 2 is 1.85 bits per heavy atom. The first-order valence-corrected chi connectivity index (χ1v) is 7.98. The molecule has 0 spiro atoms. The maximum absolute atomic E-state index is 9.77. The van der Waals surface area contributed by atoms with Gasteiger partial charge in [-0.25, -0.2) is 0 Å². The number of aryl methyl sites for hydroxylation is 2. The lowest BCUT2D eigenvalue weighted by Gasteiger charge is -2.36. The van der Waals surface area contributed by atoms with Crippen LogP contribution in [0.25, 0.3) is 0 Å². The summed E-state index contributed by atoms with van der Waals surface area (Å²) in [6.07, 6.45) is 6.18. The quantitative estimate of drug-likeness (QED) is 0.854. The fourth-order valence-corrected chi connectivity index (χ4v) is 3.21. The van der Waals surface area contributed by atoms with Crippen LogP contribution in [-0.2, 0) is 0 Å². The van der Waals surface area contributed by atoms with E-state index in [9.17, 15) is 5.11 Å². The number of rotatable bonds is 5. The maximum Gasteiger partial charge on any atom is 0.0499 e. The van der Waals surface area contributed by atoms with Gasteiger partial charge in [0.2, 0.25) is 0 Å². The summed E-state index contributed by atoms with van der Waals surface area (Å²) in [5.41, 5.74) is 4.16. The minimum absolute atomic E-state index is 0.117. The highest BCUT2D eigenvalue weighted by molar-refractivity contribution is 5.31. The van der Waals surface area contributed by atoms with Gasteiger partial charge in [0, 0.05) is 24.6 Å². The van der Waals surface area contributed by atoms with E-state index in [0.717, 1.165) is 19.4 Å². The van der Waals surface area contributed by atoms with Gasteiger partial charge in [-0.05, 0) is 50.3 Å². The van der Waals surface area contributed by atoms with Gasteiger partial charge in [0.25, 0.3) is 0 Å². The molecule has 1 aromatic carbocycles. The standard InChI is InChI=1S/C18H29NO/c1-14-7-8-17(11-15(14)2)16(3)19-12-18(13-20)9-5-4-6-10-18/h7-8,11,16,19-20H,4-6,9-10,12-13H2,1-3H3. The number of hydrogen-bond acceptors (Lipinski definition) is 2. The van der Waals surface area contributed by atoms with Crippen LogP contribution in [0.5, 0.6) is 0 Å². The van der Waals surface area contributed by atoms with E-state index in [1.54, 1.807) is 0 Å². The van der Waals surface area contributed by atoms with Crippen molar-refractivity contribution in [3.8, 4) is 0 Å². The largest absolute Gasteiger partial charge is 0.396 e. The molecule has 2 nitrogen and oxygen atoms in total. The van der Waals surface area contributed by atoms with Crippen molar-refractivity contribution in [1.82, 2.24) is 5.32 Å². The van der Waals surface area contributed by atoms with Gasteiger partial charge in [-0.2, -0.15) is 0 Å². The second-order valence-corrected chi connectivity index (χ2v) is 6.67. The van der Waals surface area contributed by atoms with Crippen LogP contribution in [-0.4, -0.2) is 18.3 Å². The first kappa shape index (κ1) is 15.5. The van der Waals surface area contributed by atoms with Crippen molar-refractivity contribution in [3.63, 3.8) is 0 Å². The van der Waals surface area contributed by atoms with E-state index in [4.69, 9.17) is 0 Å². The Balaban J connectivity index is 1.96. The predicted molar refractivity (Wildman–Crippen MR) is 84.9 cm³/mol. The van der Waals surface area contributed by atoms with Gasteiger partial charge in [-0.15, -0.1) is 0 Å². The van der Waals surface area contributed by atoms with Crippen LogP contribution in [0.1, 0.15) is 61.8 Å². The summed E-state index contributed by atoms with van der Waals surface area (Å²) >= 11 is 0. The summed E-state index contributed by atoms with van der Waals surface area (Å²) in [5.74, 6) is 0. The monoisotopic (exact) mass is 275 g/mol. The van der Waals surface area contributed by atoms with Gasteiger partial charge in [-0.3, -0.25) is 0 Å². The van der Waals surface area contributed by atoms with Crippen molar-refractivity contribution in [2.45, 2.75) is 58.9 Å². The first-order valence-electron chi connectivity index (χ1n) is 7.98. The summed E-state index contributed by atoms with van der Waals surface area (Å²) in [7, 11) is 0. The molecule has 1 aliphatic carbocycles. The van der Waals surface area contributed by atoms with Gasteiger partial charge in [-0.1, -0.05) is 37.5 Å². The lowest BCUT2D eigenvalue weighted by atomic mass is 9.74. The average molecular weight is 275 g/mol. The minimum atomic E-state index is 0.117. The van der Waals surface area contributed by atoms with Crippen molar-refractivity contribution < 1.29 is 5.11 Å². The molecule has 0 aliphatic heterocycles. The Bertz CT molecular complexity index is 435. The van der Waals surface area contributed by atoms with Crippen LogP contribution < -0.4 is 5.32 Å². The van der Waals surface area contributed by atoms with Crippen LogP contribution in [0.3, 0.4) is 0 Å². The summed E-state index contributed by atoms with van der Waals surface area (Å²) in [6, 6.07) is 7.04. The average Bonchev–Trinajstić information content (AvgIpc) is 2.48. The van der Waals surface area contributed by atoms with E-state index in [0.29, 0.717) is 12.6 Å². The molecule has 1 aliphatic rings. The zero-order chi connectivity index (χ0) is 14.6. The molecule has 0 aromatic heterocycles. The van der Waals surface area contributed by atoms with Crippen molar-refractivity contribution in [3.05, 3.63) is 34.9 Å². The van der Waals surface area contributed by atoms with E-state index in [1.807, 2.05) is 0 Å². The van der Waals surface area contributed by atoms with Crippen molar-refractivity contribution >= 4 is 0 Å². The van der Waals surface area contributed by atoms with E-state index in [-0.39, 0.29) is 5.41 Å². The fourth-order valence-electron chi connectivity index (χ4n) is 3.21. The third-order valence-corrected chi connectivity index (χ3v) is 5.06. The third-order valence-electron chi connectivity index (χ3n) is 5.06. The van der Waals surface area contributed by atoms with Crippen molar-refractivity contribution in [1.29, 1.82) is 0 Å². The molecule has 2 heteroatoms. The Morgan fingerprint density at radius 3 is 2.45 bits per heavy atom. The SMILES string of the molecule is Cc1ccc(C(C)NCC2(CO)CCCCC2)cc1C. The number of benzene rings is 1. The summed E-state index contributed by atoms with van der Waals surface area (Å²) in [6.45, 7) is 7.79. The van der Waals surface area contributed by atoms with Gasteiger partial charge in [0.1, 0.15) is 0 Å². The molecular formula is C18H29NO. The number of aliphatic hydroxyl groups is 1. The lowest BCUT2D eigenvalue weighted by molar-refractivity contribution is 0.0789. The topological polar surface area (TPSA) is 32.3 Å². The highest BCUT2D eigenvalue weighted by Gasteiger charge is 2.31. The molecule has 2 rings (SSSR count). The normalized spacial score (nSPS) is 19.8. The molecule has 0 heterocycles. The molecule has 0 radical (unpaired) electrons. The van der Waals surface area contributed by atoms with E-state index >= 15 is 0 Å². The predicted octanol–water partition coefficient (Wildman–Crippen LogP) is 3.90. The Morgan fingerprint density at radius 1 is 1.15 bits per heavy atom. The maximum atomic E-state index is 9.77. The summed E-state index contributed by atoms with van der Waals surface area (Å²) < 4.78 is 0. The molecular weight excluding hydrogens is 246 g/mol. The summed E-state index contributed by atoms with van der Waals surface area (Å²) in [5, 5.41) is 13.4. The molecule has 0 amide bonds. The van der Waals surface area contributed by atoms with E-state index < -0.39 is 0 Å². The molecule has 2 N–H and O–H groups in total. The highest BCUT2D eigenvalue weighted by Crippen LogP contribution is 2.35. The van der Waals surface area contributed by atoms with E-state index in [2.05, 4.69) is 44.3 Å². The third kappa shape index (κ3) is 3.62. The molecule has 0 bridgehead atoms. The Hall–Kier alpha value is -0.860. The fraction of sp³-hybridized carbons (Fsp3) is 0.667. The number of nitrogens with one attached hydrogen (secondary N) is 1. The van der Waals surface area contributed by atoms with Gasteiger partial charge in [0.05, 0.1) is 0 Å². The molecule has 1 unspecified atom stereocenters. The van der Waals surface area contributed by atoms with Crippen LogP contribution in [0, 0.1) is 19.3 Å². The zero-order valence-corrected chi connectivity index (χ0v) is 13.2. The molecule has 1 atom stereocenters. The molecule has 112 valence electrons. The van der Waals surface area contributed by atoms with Crippen LogP contribution in [0.4, 0.5) is 0 Å². The lowest BCUT2D eigenvalue weighted by Crippen LogP contribution is -2.40. The Kier molecular flexibility index (Phi) is 5.22. The number of hydrogen-bond donors (Lipinski definition) is 2. The molecule has 20 heavy (non-hydrogen) atoms. The van der Waals surface area contributed by atoms with Crippen LogP contribution >= 0.6 is 0 Å². The molecule has 1 fully saturated rings. The van der Waals surface area contributed by atoms with Crippen molar-refractivity contribution in [2.24, 2.45) is 5.41 Å². The molecule has 1 aromatic rings. The minimum Gasteiger partial charge on any atom is -0.396 e. The van der Waals surface area contributed by atoms with Crippen molar-refractivity contribution in [2.75, 3.05) is 13.2 Å². The Labute approximate surface area is 123 Å². The zero-order valence-electron chi connectivity index (χ0n) is 13.2. The van der Waals surface area contributed by atoms with Gasteiger partial charge in [0.15, 0.2) is 0 Å². The molecule has 0 saturated heterocycles. The number of aliphatic hydroxyl groups excluding tert-OH is 1. The summed E-state index contributed by atoms with van der Waals surface area (Å²) in [4.78, 5) is 0. The molecule has 1 saturated carbocycles. The van der Waals surface area contributed by atoms with Crippen LogP contribution in [0.15, 0.2) is 18.2 Å². The second kappa shape index (κ2) is 6.73. The second-order valence-electron chi connectivity index (χ2n) is 6.67. The smallest absolute Gasteiger partial charge is 0.0499 e. The van der Waals surface area contributed by atoms with Crippen LogP contribution in [0.2, 0.25) is 0 Å². The van der Waals surface area contributed by atoms with Gasteiger partial charge < -0.3 is 10.4 Å². The highest BCUT2D eigenvalue weighted by atomic mass is 16.3. The van der Waals surface area contributed by atoms with Gasteiger partial charge >= 0.3 is 0 Å². The first-order chi connectivity index (χ1) is 9.56. The van der Waals surface area contributed by atoms with E-state index in [1.165, 1.54) is 36.0 Å².